The first-order valence-corrected chi connectivity index (χ1v) is 18.5. The minimum Gasteiger partial charge on any atom is -0.351 e. The monoisotopic (exact) mass is 704 g/mol. The third-order valence-corrected chi connectivity index (χ3v) is 10.2. The average molecular weight is 705 g/mol. The summed E-state index contributed by atoms with van der Waals surface area (Å²) in [4.78, 5) is 64.3. The molecule has 1 aliphatic rings. The van der Waals surface area contributed by atoms with Crippen molar-refractivity contribution in [2.75, 3.05) is 19.6 Å². The summed E-state index contributed by atoms with van der Waals surface area (Å²) in [6.07, 6.45) is 5.01. The highest BCUT2D eigenvalue weighted by atomic mass is 32.1. The Kier molecular flexibility index (Phi) is 12.7. The highest BCUT2D eigenvalue weighted by Crippen LogP contribution is 2.27. The van der Waals surface area contributed by atoms with Crippen molar-refractivity contribution >= 4 is 46.3 Å². The highest BCUT2D eigenvalue weighted by Gasteiger charge is 2.26. The smallest absolute Gasteiger partial charge is 0.271 e. The molecule has 4 heterocycles. The van der Waals surface area contributed by atoms with Crippen LogP contribution in [0.15, 0.2) is 53.4 Å². The van der Waals surface area contributed by atoms with Crippen LogP contribution in [0.3, 0.4) is 0 Å². The topological polar surface area (TPSA) is 151 Å². The van der Waals surface area contributed by atoms with Crippen LogP contribution in [0, 0.1) is 5.92 Å². The molecule has 0 fully saturated rings. The molecule has 49 heavy (non-hydrogen) atoms. The lowest BCUT2D eigenvalue weighted by atomic mass is 10.0. The summed E-state index contributed by atoms with van der Waals surface area (Å²) >= 11 is 2.66. The Morgan fingerprint density at radius 3 is 2.31 bits per heavy atom. The second kappa shape index (κ2) is 17.3. The lowest BCUT2D eigenvalue weighted by Crippen LogP contribution is -2.36. The molecule has 3 N–H and O–H groups in total. The van der Waals surface area contributed by atoms with Crippen LogP contribution in [-0.4, -0.2) is 67.9 Å². The van der Waals surface area contributed by atoms with Crippen molar-refractivity contribution in [3.8, 4) is 0 Å². The first kappa shape index (κ1) is 35.9. The first-order valence-electron chi connectivity index (χ1n) is 16.7. The zero-order valence-corrected chi connectivity index (χ0v) is 29.8. The van der Waals surface area contributed by atoms with Crippen molar-refractivity contribution < 1.29 is 19.2 Å². The summed E-state index contributed by atoms with van der Waals surface area (Å²) in [5.74, 6) is -0.526. The van der Waals surface area contributed by atoms with Gasteiger partial charge in [0.05, 0.1) is 12.1 Å². The van der Waals surface area contributed by atoms with Gasteiger partial charge in [-0.1, -0.05) is 44.2 Å². The van der Waals surface area contributed by atoms with Gasteiger partial charge in [-0.25, -0.2) is 9.97 Å². The number of hydrogen-bond donors (Lipinski definition) is 3. The molecule has 12 nitrogen and oxygen atoms in total. The normalized spacial score (nSPS) is 18.4. The van der Waals surface area contributed by atoms with E-state index < -0.39 is 6.04 Å². The summed E-state index contributed by atoms with van der Waals surface area (Å²) < 4.78 is 1.76. The minimum atomic E-state index is -0.488. The summed E-state index contributed by atoms with van der Waals surface area (Å²) in [6.45, 7) is 5.37. The predicted octanol–water partition coefficient (Wildman–Crippen LogP) is 4.63. The predicted molar refractivity (Wildman–Crippen MR) is 189 cm³/mol. The van der Waals surface area contributed by atoms with Gasteiger partial charge >= 0.3 is 0 Å². The number of rotatable bonds is 7. The van der Waals surface area contributed by atoms with E-state index in [1.165, 1.54) is 22.7 Å². The molecule has 14 heteroatoms. The molecule has 0 aliphatic carbocycles. The number of amides is 4. The Bertz CT molecular complexity index is 1720. The second-order valence-corrected chi connectivity index (χ2v) is 14.4. The Labute approximate surface area is 294 Å². The number of fused-ring (bicyclic) bond motifs is 4. The first-order chi connectivity index (χ1) is 23.7. The number of thiazole rings is 2. The van der Waals surface area contributed by atoms with Crippen molar-refractivity contribution in [2.24, 2.45) is 13.0 Å². The second-order valence-electron chi connectivity index (χ2n) is 12.6. The molecule has 4 bridgehead atoms. The number of aryl methyl sites for hydroxylation is 2. The van der Waals surface area contributed by atoms with Crippen molar-refractivity contribution in [3.05, 3.63) is 86.0 Å². The van der Waals surface area contributed by atoms with Gasteiger partial charge in [0.2, 0.25) is 11.8 Å². The number of aromatic nitrogens is 4. The van der Waals surface area contributed by atoms with Gasteiger partial charge in [-0.2, -0.15) is 5.10 Å². The molecule has 5 rings (SSSR count). The lowest BCUT2D eigenvalue weighted by molar-refractivity contribution is -0.132. The van der Waals surface area contributed by atoms with E-state index in [-0.39, 0.29) is 53.4 Å². The fraction of sp³-hybridized carbons (Fsp3) is 0.457. The number of carbonyl (C=O) groups is 4. The largest absolute Gasteiger partial charge is 0.351 e. The third kappa shape index (κ3) is 10.3. The molecule has 4 aromatic rings. The summed E-state index contributed by atoms with van der Waals surface area (Å²) in [7, 11) is 1.85. The van der Waals surface area contributed by atoms with E-state index in [2.05, 4.69) is 44.9 Å². The zero-order valence-electron chi connectivity index (χ0n) is 28.2. The van der Waals surface area contributed by atoms with Crippen LogP contribution in [-0.2, 0) is 29.5 Å². The maximum atomic E-state index is 13.6. The molecule has 4 amide bonds. The van der Waals surface area contributed by atoms with Gasteiger partial charge in [-0.05, 0) is 49.7 Å². The zero-order chi connectivity index (χ0) is 34.8. The third-order valence-electron chi connectivity index (χ3n) is 8.33. The van der Waals surface area contributed by atoms with Crippen molar-refractivity contribution in [1.29, 1.82) is 0 Å². The number of carbonyl (C=O) groups excluding carboxylic acids is 4. The van der Waals surface area contributed by atoms with Crippen LogP contribution >= 0.6 is 22.7 Å². The summed E-state index contributed by atoms with van der Waals surface area (Å²) in [5, 5.41) is 18.0. The fourth-order valence-corrected chi connectivity index (χ4v) is 7.45. The molecule has 0 saturated carbocycles. The van der Waals surface area contributed by atoms with Crippen LogP contribution in [0.25, 0.3) is 0 Å². The van der Waals surface area contributed by atoms with E-state index in [9.17, 15) is 19.2 Å². The Morgan fingerprint density at radius 1 is 0.918 bits per heavy atom. The molecule has 2 atom stereocenters. The molecule has 0 unspecified atom stereocenters. The molecule has 3 aromatic heterocycles. The van der Waals surface area contributed by atoms with Crippen molar-refractivity contribution in [1.82, 2.24) is 40.6 Å². The molecule has 0 spiro atoms. The van der Waals surface area contributed by atoms with Gasteiger partial charge in [0, 0.05) is 62.2 Å². The molecular weight excluding hydrogens is 661 g/mol. The van der Waals surface area contributed by atoms with Gasteiger partial charge in [-0.3, -0.25) is 23.9 Å². The van der Waals surface area contributed by atoms with E-state index in [1.54, 1.807) is 26.5 Å². The minimum absolute atomic E-state index is 0.00917. The van der Waals surface area contributed by atoms with E-state index in [4.69, 9.17) is 0 Å². The molecule has 260 valence electrons. The summed E-state index contributed by atoms with van der Waals surface area (Å²) in [6, 6.07) is 10.9. The van der Waals surface area contributed by atoms with Crippen LogP contribution in [0.5, 0.6) is 0 Å². The molecule has 1 aliphatic heterocycles. The van der Waals surface area contributed by atoms with Crippen LogP contribution < -0.4 is 16.0 Å². The quantitative estimate of drug-likeness (QED) is 0.254. The van der Waals surface area contributed by atoms with E-state index in [0.717, 1.165) is 11.3 Å². The molecule has 1 aromatic carbocycles. The average Bonchev–Trinajstić information content (AvgIpc) is 3.86. The summed E-state index contributed by atoms with van der Waals surface area (Å²) in [5.41, 5.74) is 2.52. The standard InChI is InChI=1S/C35H44N8O4S2/c1-23(2)19-26-34-41-29(22-49-34)33(47)39-27(20-24-9-5-4-6-10-24)35-40-28(21-48-35)32(46)36-15-8-18-43(17-7-11-30(44)38-26)31(45)13-12-25-14-16-37-42(25)3/h4-6,9-10,14,16,21-23,26-27H,7-8,11-13,15,17-20H2,1-3H3,(H,36,46)(H,38,44)(H,39,47)/t26-,27-/m0/s1. The number of hydrogen-bond acceptors (Lipinski definition) is 9. The van der Waals surface area contributed by atoms with Crippen molar-refractivity contribution in [2.45, 2.75) is 70.9 Å². The number of nitrogens with one attached hydrogen (secondary N) is 3. The Morgan fingerprint density at radius 2 is 1.61 bits per heavy atom. The molecule has 0 radical (unpaired) electrons. The van der Waals surface area contributed by atoms with E-state index in [1.807, 2.05) is 43.4 Å². The van der Waals surface area contributed by atoms with Crippen LogP contribution in [0.1, 0.15) is 100 Å². The lowest BCUT2D eigenvalue weighted by Gasteiger charge is -2.23. The Hall–Kier alpha value is -4.43. The van der Waals surface area contributed by atoms with Gasteiger partial charge in [0.1, 0.15) is 21.4 Å². The van der Waals surface area contributed by atoms with E-state index >= 15 is 0 Å². The van der Waals surface area contributed by atoms with E-state index in [0.29, 0.717) is 68.2 Å². The van der Waals surface area contributed by atoms with Crippen LogP contribution in [0.4, 0.5) is 0 Å². The highest BCUT2D eigenvalue weighted by molar-refractivity contribution is 7.10. The van der Waals surface area contributed by atoms with Gasteiger partial charge in [-0.15, -0.1) is 22.7 Å². The Balaban J connectivity index is 1.37. The molecular formula is C35H44N8O4S2. The van der Waals surface area contributed by atoms with Gasteiger partial charge in [0.25, 0.3) is 11.8 Å². The van der Waals surface area contributed by atoms with Crippen molar-refractivity contribution in [3.63, 3.8) is 0 Å². The maximum absolute atomic E-state index is 13.6. The molecule has 0 saturated heterocycles. The number of benzene rings is 1. The fourth-order valence-electron chi connectivity index (χ4n) is 5.74. The SMILES string of the molecule is CC(C)C[C@@H]1NC(=O)CCCN(C(=O)CCc2ccnn2C)CCCNC(=O)c2csc(n2)[C@H](Cc2ccccc2)NC(=O)c2csc1n2. The number of nitrogens with zero attached hydrogens (tertiary/aromatic N) is 5. The van der Waals surface area contributed by atoms with Gasteiger partial charge < -0.3 is 20.9 Å². The van der Waals surface area contributed by atoms with Crippen LogP contribution in [0.2, 0.25) is 0 Å². The maximum Gasteiger partial charge on any atom is 0.271 e. The van der Waals surface area contributed by atoms with Gasteiger partial charge in [0.15, 0.2) is 0 Å².